The first kappa shape index (κ1) is 11.0. The zero-order valence-electron chi connectivity index (χ0n) is 8.53. The topological polar surface area (TPSA) is 81.4 Å². The van der Waals surface area contributed by atoms with E-state index in [1.807, 2.05) is 0 Å². The first-order valence-electron chi connectivity index (χ1n) is 4.30. The van der Waals surface area contributed by atoms with Crippen LogP contribution in [0.15, 0.2) is 18.2 Å². The van der Waals surface area contributed by atoms with Crippen LogP contribution < -0.4 is 15.8 Å². The summed E-state index contributed by atoms with van der Waals surface area (Å²) in [7, 11) is 1.50. The van der Waals surface area contributed by atoms with Crippen molar-refractivity contribution in [2.75, 3.05) is 12.4 Å². The summed E-state index contributed by atoms with van der Waals surface area (Å²) in [4.78, 5) is 21.9. The predicted octanol–water partition coefficient (Wildman–Crippen LogP) is 1.39. The lowest BCUT2D eigenvalue weighted by atomic mass is 10.1. The number of urea groups is 1. The molecule has 0 heterocycles. The molecule has 3 N–H and O–H groups in total. The molecule has 5 nitrogen and oxygen atoms in total. The summed E-state index contributed by atoms with van der Waals surface area (Å²) in [6, 6.07) is 4.04. The zero-order chi connectivity index (χ0) is 11.4. The second-order valence-corrected chi connectivity index (χ2v) is 2.96. The van der Waals surface area contributed by atoms with Gasteiger partial charge in [0.15, 0.2) is 5.78 Å². The molecule has 0 bridgehead atoms. The maximum atomic E-state index is 11.2. The molecule has 0 aliphatic heterocycles. The highest BCUT2D eigenvalue weighted by Crippen LogP contribution is 2.22. The molecule has 0 radical (unpaired) electrons. The van der Waals surface area contributed by atoms with Crippen LogP contribution in [0.3, 0.4) is 0 Å². The fourth-order valence-corrected chi connectivity index (χ4v) is 1.19. The molecule has 0 fully saturated rings. The Bertz CT molecular complexity index is 402. The molecule has 2 amide bonds. The molecular weight excluding hydrogens is 196 g/mol. The number of anilines is 1. The SMILES string of the molecule is COc1ccc(C(C)=O)c(NC(N)=O)c1. The number of Topliss-reactive ketones (excluding diaryl/α,β-unsaturated/α-hetero) is 1. The monoisotopic (exact) mass is 208 g/mol. The number of carbonyl (C=O) groups is 2. The smallest absolute Gasteiger partial charge is 0.316 e. The van der Waals surface area contributed by atoms with Crippen molar-refractivity contribution >= 4 is 17.5 Å². The molecule has 15 heavy (non-hydrogen) atoms. The third-order valence-corrected chi connectivity index (χ3v) is 1.86. The van der Waals surface area contributed by atoms with Gasteiger partial charge in [-0.2, -0.15) is 0 Å². The number of methoxy groups -OCH3 is 1. The molecule has 1 rings (SSSR count). The number of hydrogen-bond acceptors (Lipinski definition) is 3. The van der Waals surface area contributed by atoms with Gasteiger partial charge in [-0.25, -0.2) is 4.79 Å². The Balaban J connectivity index is 3.16. The molecule has 0 aliphatic rings. The molecule has 1 aromatic carbocycles. The highest BCUT2D eigenvalue weighted by atomic mass is 16.5. The first-order valence-corrected chi connectivity index (χ1v) is 4.30. The fourth-order valence-electron chi connectivity index (χ4n) is 1.19. The molecule has 1 aromatic rings. The maximum Gasteiger partial charge on any atom is 0.316 e. The number of benzene rings is 1. The van der Waals surface area contributed by atoms with Crippen molar-refractivity contribution in [3.63, 3.8) is 0 Å². The third-order valence-electron chi connectivity index (χ3n) is 1.86. The number of nitrogens with one attached hydrogen (secondary N) is 1. The van der Waals surface area contributed by atoms with Crippen LogP contribution in [0.1, 0.15) is 17.3 Å². The van der Waals surface area contributed by atoms with E-state index in [0.29, 0.717) is 17.0 Å². The summed E-state index contributed by atoms with van der Waals surface area (Å²) in [5, 5.41) is 2.37. The van der Waals surface area contributed by atoms with Gasteiger partial charge in [0.05, 0.1) is 12.8 Å². The van der Waals surface area contributed by atoms with E-state index in [1.54, 1.807) is 18.2 Å². The van der Waals surface area contributed by atoms with Gasteiger partial charge >= 0.3 is 6.03 Å². The van der Waals surface area contributed by atoms with Gasteiger partial charge in [-0.05, 0) is 19.1 Å². The van der Waals surface area contributed by atoms with Crippen LogP contribution in [0.4, 0.5) is 10.5 Å². The maximum absolute atomic E-state index is 11.2. The molecular formula is C10H12N2O3. The Hall–Kier alpha value is -2.04. The van der Waals surface area contributed by atoms with Crippen molar-refractivity contribution in [1.29, 1.82) is 0 Å². The average Bonchev–Trinajstić information content (AvgIpc) is 2.16. The summed E-state index contributed by atoms with van der Waals surface area (Å²) < 4.78 is 4.97. The van der Waals surface area contributed by atoms with E-state index < -0.39 is 6.03 Å². The molecule has 80 valence electrons. The van der Waals surface area contributed by atoms with Crippen LogP contribution in [-0.2, 0) is 0 Å². The lowest BCUT2D eigenvalue weighted by Crippen LogP contribution is -2.20. The van der Waals surface area contributed by atoms with E-state index in [4.69, 9.17) is 10.5 Å². The number of ether oxygens (including phenoxy) is 1. The number of primary amides is 1. The number of carbonyl (C=O) groups excluding carboxylic acids is 2. The standard InChI is InChI=1S/C10H12N2O3/c1-6(13)8-4-3-7(15-2)5-9(8)12-10(11)14/h3-5H,1-2H3,(H3,11,12,14). The second-order valence-electron chi connectivity index (χ2n) is 2.96. The van der Waals surface area contributed by atoms with E-state index in [-0.39, 0.29) is 5.78 Å². The molecule has 5 heteroatoms. The minimum Gasteiger partial charge on any atom is -0.497 e. The summed E-state index contributed by atoms with van der Waals surface area (Å²) in [5.74, 6) is 0.394. The highest BCUT2D eigenvalue weighted by molar-refractivity contribution is 6.03. The largest absolute Gasteiger partial charge is 0.497 e. The van der Waals surface area contributed by atoms with Crippen LogP contribution in [-0.4, -0.2) is 18.9 Å². The van der Waals surface area contributed by atoms with Crippen molar-refractivity contribution in [2.45, 2.75) is 6.92 Å². The summed E-state index contributed by atoms with van der Waals surface area (Å²) in [6.07, 6.45) is 0. The first-order chi connectivity index (χ1) is 7.04. The van der Waals surface area contributed by atoms with E-state index in [0.717, 1.165) is 0 Å². The van der Waals surface area contributed by atoms with Gasteiger partial charge in [0.25, 0.3) is 0 Å². The minimum atomic E-state index is -0.717. The van der Waals surface area contributed by atoms with E-state index in [2.05, 4.69) is 5.32 Å². The molecule has 0 saturated heterocycles. The van der Waals surface area contributed by atoms with E-state index in [1.165, 1.54) is 14.0 Å². The van der Waals surface area contributed by atoms with Gasteiger partial charge in [0.2, 0.25) is 0 Å². The summed E-state index contributed by atoms with van der Waals surface area (Å²) in [6.45, 7) is 1.41. The van der Waals surface area contributed by atoms with Crippen LogP contribution in [0.2, 0.25) is 0 Å². The molecule has 0 unspecified atom stereocenters. The number of amides is 2. The Labute approximate surface area is 87.2 Å². The number of rotatable bonds is 3. The van der Waals surface area contributed by atoms with Crippen molar-refractivity contribution in [1.82, 2.24) is 0 Å². The van der Waals surface area contributed by atoms with Crippen LogP contribution >= 0.6 is 0 Å². The Morgan fingerprint density at radius 3 is 2.53 bits per heavy atom. The van der Waals surface area contributed by atoms with E-state index >= 15 is 0 Å². The summed E-state index contributed by atoms with van der Waals surface area (Å²) >= 11 is 0. The van der Waals surface area contributed by atoms with Crippen molar-refractivity contribution in [3.8, 4) is 5.75 Å². The van der Waals surface area contributed by atoms with Gasteiger partial charge in [-0.1, -0.05) is 0 Å². The van der Waals surface area contributed by atoms with Crippen molar-refractivity contribution in [3.05, 3.63) is 23.8 Å². The van der Waals surface area contributed by atoms with Crippen molar-refractivity contribution < 1.29 is 14.3 Å². The Morgan fingerprint density at radius 2 is 2.07 bits per heavy atom. The number of ketones is 1. The zero-order valence-corrected chi connectivity index (χ0v) is 8.53. The van der Waals surface area contributed by atoms with Gasteiger partial charge in [-0.15, -0.1) is 0 Å². The van der Waals surface area contributed by atoms with Crippen LogP contribution in [0.5, 0.6) is 5.75 Å². The molecule has 0 aliphatic carbocycles. The molecule has 0 aromatic heterocycles. The van der Waals surface area contributed by atoms with Crippen molar-refractivity contribution in [2.24, 2.45) is 5.73 Å². The highest BCUT2D eigenvalue weighted by Gasteiger charge is 2.09. The van der Waals surface area contributed by atoms with Gasteiger partial charge < -0.3 is 15.8 Å². The lowest BCUT2D eigenvalue weighted by Gasteiger charge is -2.08. The predicted molar refractivity (Wildman–Crippen MR) is 56.2 cm³/mol. The summed E-state index contributed by atoms with van der Waals surface area (Å²) in [5.41, 5.74) is 5.74. The average molecular weight is 208 g/mol. The quantitative estimate of drug-likeness (QED) is 0.736. The number of nitrogens with two attached hydrogens (primary N) is 1. The Kier molecular flexibility index (Phi) is 3.28. The van der Waals surface area contributed by atoms with Gasteiger partial charge in [0.1, 0.15) is 5.75 Å². The van der Waals surface area contributed by atoms with E-state index in [9.17, 15) is 9.59 Å². The minimum absolute atomic E-state index is 0.151. The second kappa shape index (κ2) is 4.45. The van der Waals surface area contributed by atoms with Crippen LogP contribution in [0, 0.1) is 0 Å². The normalized spacial score (nSPS) is 9.47. The Morgan fingerprint density at radius 1 is 1.40 bits per heavy atom. The van der Waals surface area contributed by atoms with Crippen LogP contribution in [0.25, 0.3) is 0 Å². The van der Waals surface area contributed by atoms with Gasteiger partial charge in [-0.3, -0.25) is 4.79 Å². The third kappa shape index (κ3) is 2.70. The fraction of sp³-hybridized carbons (Fsp3) is 0.200. The lowest BCUT2D eigenvalue weighted by molar-refractivity contribution is 0.101. The van der Waals surface area contributed by atoms with Gasteiger partial charge in [0, 0.05) is 11.6 Å². The molecule has 0 atom stereocenters. The molecule has 0 spiro atoms. The molecule has 0 saturated carbocycles. The number of hydrogen-bond donors (Lipinski definition) is 2.